The molecule has 2 N–H and O–H groups in total. The molecule has 0 aliphatic rings. The standard InChI is InChI=1S/2C13H12O3S.2C10H13I/c2*14-17(15,16)13-8-6-12(7-9-13)10-11-4-2-1-3-5-11;2*1-10(2,3)8-4-6-9(11)7-5-8/h2*1-9H,10H2,(H,14,15,16);2*4-7H,1-3H3. The summed E-state index contributed by atoms with van der Waals surface area (Å²) in [5.41, 5.74) is 7.69. The smallest absolute Gasteiger partial charge is 0.282 e. The minimum absolute atomic E-state index is 0.0747. The van der Waals surface area contributed by atoms with Crippen molar-refractivity contribution in [3.05, 3.63) is 198 Å². The van der Waals surface area contributed by atoms with Gasteiger partial charge in [0.1, 0.15) is 0 Å². The van der Waals surface area contributed by atoms with E-state index in [4.69, 9.17) is 9.11 Å². The lowest BCUT2D eigenvalue weighted by molar-refractivity contribution is 0.481. The second kappa shape index (κ2) is 21.4. The van der Waals surface area contributed by atoms with Gasteiger partial charge >= 0.3 is 0 Å². The average molecular weight is 1020 g/mol. The molecule has 10 heteroatoms. The minimum Gasteiger partial charge on any atom is -0.282 e. The second-order valence-electron chi connectivity index (χ2n) is 15.1. The highest BCUT2D eigenvalue weighted by Gasteiger charge is 2.13. The van der Waals surface area contributed by atoms with Crippen molar-refractivity contribution in [1.82, 2.24) is 0 Å². The maximum absolute atomic E-state index is 10.9. The molecule has 6 aromatic carbocycles. The molecule has 0 aliphatic carbocycles. The summed E-state index contributed by atoms with van der Waals surface area (Å²) in [6, 6.07) is 49.6. The number of hydrogen-bond acceptors (Lipinski definition) is 4. The van der Waals surface area contributed by atoms with Crippen molar-refractivity contribution in [1.29, 1.82) is 0 Å². The fraction of sp³-hybridized carbons (Fsp3) is 0.217. The highest BCUT2D eigenvalue weighted by atomic mass is 127. The molecule has 0 radical (unpaired) electrons. The van der Waals surface area contributed by atoms with Crippen LogP contribution in [-0.4, -0.2) is 25.9 Å². The largest absolute Gasteiger partial charge is 0.294 e. The van der Waals surface area contributed by atoms with Crippen LogP contribution in [0.5, 0.6) is 0 Å². The zero-order valence-corrected chi connectivity index (χ0v) is 38.5. The van der Waals surface area contributed by atoms with Crippen molar-refractivity contribution in [2.75, 3.05) is 0 Å². The van der Waals surface area contributed by atoms with E-state index in [-0.39, 0.29) is 20.6 Å². The molecule has 6 rings (SSSR count). The van der Waals surface area contributed by atoms with Crippen LogP contribution in [0.3, 0.4) is 0 Å². The van der Waals surface area contributed by atoms with Gasteiger partial charge in [-0.1, -0.05) is 151 Å². The SMILES string of the molecule is CC(C)(C)c1ccc(I)cc1.CC(C)(C)c1ccc(I)cc1.O=S(=O)(O)c1ccc(Cc2ccccc2)cc1.O=S(=O)(O)c1ccc(Cc2ccccc2)cc1. The van der Waals surface area contributed by atoms with Crippen molar-refractivity contribution in [2.45, 2.75) is 75.0 Å². The molecule has 56 heavy (non-hydrogen) atoms. The molecule has 0 fully saturated rings. The van der Waals surface area contributed by atoms with Crippen molar-refractivity contribution >= 4 is 65.4 Å². The van der Waals surface area contributed by atoms with E-state index >= 15 is 0 Å². The highest BCUT2D eigenvalue weighted by molar-refractivity contribution is 14.1. The van der Waals surface area contributed by atoms with Crippen LogP contribution in [0.25, 0.3) is 0 Å². The molecule has 0 saturated carbocycles. The van der Waals surface area contributed by atoms with Gasteiger partial charge in [0.15, 0.2) is 0 Å². The molecule has 296 valence electrons. The zero-order chi connectivity index (χ0) is 41.6. The summed E-state index contributed by atoms with van der Waals surface area (Å²) < 4.78 is 63.7. The molecule has 0 heterocycles. The van der Waals surface area contributed by atoms with Crippen LogP contribution in [0, 0.1) is 7.14 Å². The summed E-state index contributed by atoms with van der Waals surface area (Å²) in [5.74, 6) is 0. The Hall–Kier alpha value is -3.40. The first-order valence-electron chi connectivity index (χ1n) is 17.8. The van der Waals surface area contributed by atoms with Gasteiger partial charge < -0.3 is 0 Å². The normalized spacial score (nSPS) is 11.5. The Kier molecular flexibility index (Phi) is 17.9. The van der Waals surface area contributed by atoms with Crippen LogP contribution in [0.2, 0.25) is 0 Å². The van der Waals surface area contributed by atoms with Gasteiger partial charge in [0, 0.05) is 7.14 Å². The monoisotopic (exact) mass is 1020 g/mol. The molecule has 0 atom stereocenters. The molecular weight excluding hydrogens is 966 g/mol. The minimum atomic E-state index is -4.09. The van der Waals surface area contributed by atoms with E-state index in [1.807, 2.05) is 60.7 Å². The second-order valence-corrected chi connectivity index (χ2v) is 20.4. The van der Waals surface area contributed by atoms with E-state index in [0.29, 0.717) is 0 Å². The maximum atomic E-state index is 10.9. The van der Waals surface area contributed by atoms with Crippen molar-refractivity contribution in [2.24, 2.45) is 0 Å². The zero-order valence-electron chi connectivity index (χ0n) is 32.5. The Morgan fingerprint density at radius 2 is 0.643 bits per heavy atom. The third-order valence-electron chi connectivity index (χ3n) is 8.37. The van der Waals surface area contributed by atoms with Crippen LogP contribution in [0.1, 0.15) is 74.9 Å². The molecule has 0 spiro atoms. The summed E-state index contributed by atoms with van der Waals surface area (Å²) >= 11 is 4.65. The van der Waals surface area contributed by atoms with Crippen molar-refractivity contribution in [3.63, 3.8) is 0 Å². The fourth-order valence-electron chi connectivity index (χ4n) is 5.12. The van der Waals surface area contributed by atoms with Crippen LogP contribution in [0.4, 0.5) is 0 Å². The first-order chi connectivity index (χ1) is 26.1. The van der Waals surface area contributed by atoms with Gasteiger partial charge in [0.25, 0.3) is 20.2 Å². The summed E-state index contributed by atoms with van der Waals surface area (Å²) in [6.45, 7) is 13.4. The molecule has 0 aromatic heterocycles. The lowest BCUT2D eigenvalue weighted by Gasteiger charge is -2.18. The van der Waals surface area contributed by atoms with E-state index in [0.717, 1.165) is 35.1 Å². The third kappa shape index (κ3) is 17.4. The van der Waals surface area contributed by atoms with Crippen LogP contribution < -0.4 is 0 Å². The Labute approximate surface area is 361 Å². The molecule has 6 nitrogen and oxygen atoms in total. The molecule has 0 bridgehead atoms. The average Bonchev–Trinajstić information content (AvgIpc) is 3.13. The fourth-order valence-corrected chi connectivity index (χ4v) is 6.80. The predicted molar refractivity (Wildman–Crippen MR) is 247 cm³/mol. The van der Waals surface area contributed by atoms with Gasteiger partial charge in [0.2, 0.25) is 0 Å². The topological polar surface area (TPSA) is 109 Å². The summed E-state index contributed by atoms with van der Waals surface area (Å²) in [6.07, 6.45) is 1.49. The van der Waals surface area contributed by atoms with Gasteiger partial charge in [-0.25, -0.2) is 0 Å². The Morgan fingerprint density at radius 3 is 0.875 bits per heavy atom. The van der Waals surface area contributed by atoms with Crippen molar-refractivity contribution < 1.29 is 25.9 Å². The van der Waals surface area contributed by atoms with Crippen LogP contribution >= 0.6 is 45.2 Å². The van der Waals surface area contributed by atoms with Gasteiger partial charge in [-0.05, 0) is 151 Å². The van der Waals surface area contributed by atoms with Gasteiger partial charge in [-0.2, -0.15) is 16.8 Å². The maximum Gasteiger partial charge on any atom is 0.294 e. The van der Waals surface area contributed by atoms with Crippen LogP contribution in [-0.2, 0) is 43.9 Å². The van der Waals surface area contributed by atoms with E-state index in [2.05, 4.69) is 135 Å². The van der Waals surface area contributed by atoms with E-state index in [9.17, 15) is 16.8 Å². The van der Waals surface area contributed by atoms with Gasteiger partial charge in [0.05, 0.1) is 9.79 Å². The molecule has 0 unspecified atom stereocenters. The molecule has 0 amide bonds. The molecular formula is C46H50I2O6S2. The quantitative estimate of drug-likeness (QED) is 0.127. The lowest BCUT2D eigenvalue weighted by Crippen LogP contribution is -2.10. The summed E-state index contributed by atoms with van der Waals surface area (Å²) in [4.78, 5) is -0.149. The Morgan fingerprint density at radius 1 is 0.393 bits per heavy atom. The number of rotatable bonds is 6. The van der Waals surface area contributed by atoms with Gasteiger partial charge in [-0.15, -0.1) is 0 Å². The highest BCUT2D eigenvalue weighted by Crippen LogP contribution is 2.23. The van der Waals surface area contributed by atoms with Gasteiger partial charge in [-0.3, -0.25) is 9.11 Å². The summed E-state index contributed by atoms with van der Waals surface area (Å²) in [5, 5.41) is 0. The first-order valence-corrected chi connectivity index (χ1v) is 22.9. The number of benzene rings is 6. The lowest BCUT2D eigenvalue weighted by atomic mass is 9.87. The van der Waals surface area contributed by atoms with E-state index in [1.165, 1.54) is 42.5 Å². The van der Waals surface area contributed by atoms with E-state index in [1.54, 1.807) is 24.3 Å². The van der Waals surface area contributed by atoms with Crippen LogP contribution in [0.15, 0.2) is 168 Å². The number of hydrogen-bond donors (Lipinski definition) is 2. The third-order valence-corrected chi connectivity index (χ3v) is 11.5. The molecule has 0 saturated heterocycles. The van der Waals surface area contributed by atoms with Crippen molar-refractivity contribution in [3.8, 4) is 0 Å². The molecule has 0 aliphatic heterocycles. The van der Waals surface area contributed by atoms with E-state index < -0.39 is 20.2 Å². The predicted octanol–water partition coefficient (Wildman–Crippen LogP) is 12.2. The Balaban J connectivity index is 0.000000205. The number of halogens is 2. The summed E-state index contributed by atoms with van der Waals surface area (Å²) in [7, 11) is -8.18. The Bertz CT molecular complexity index is 2110. The first kappa shape index (κ1) is 47.0. The molecule has 6 aromatic rings.